The Morgan fingerprint density at radius 2 is 1.85 bits per heavy atom. The minimum atomic E-state index is 0.239. The molecule has 0 heterocycles. The highest BCUT2D eigenvalue weighted by Crippen LogP contribution is 2.24. The normalized spacial score (nSPS) is 11.8. The quantitative estimate of drug-likeness (QED) is 0.793. The van der Waals surface area contributed by atoms with Crippen LogP contribution in [-0.2, 0) is 6.54 Å². The molecule has 0 saturated carbocycles. The van der Waals surface area contributed by atoms with Gasteiger partial charge in [-0.1, -0.05) is 19.9 Å². The van der Waals surface area contributed by atoms with E-state index in [1.54, 1.807) is 14.2 Å². The van der Waals surface area contributed by atoms with Crippen molar-refractivity contribution in [1.82, 2.24) is 10.2 Å². The molecule has 1 aromatic rings. The molecule has 0 aliphatic carbocycles. The van der Waals surface area contributed by atoms with Gasteiger partial charge in [-0.25, -0.2) is 0 Å². The first-order valence-electron chi connectivity index (χ1n) is 6.94. The molecule has 0 aromatic heterocycles. The van der Waals surface area contributed by atoms with Crippen LogP contribution in [0.3, 0.4) is 0 Å². The van der Waals surface area contributed by atoms with Gasteiger partial charge in [-0.3, -0.25) is 0 Å². The minimum absolute atomic E-state index is 0.239. The number of nitrogens with one attached hydrogen (secondary N) is 1. The fraction of sp³-hybridized carbons (Fsp3) is 0.625. The molecule has 0 bridgehead atoms. The van der Waals surface area contributed by atoms with Crippen molar-refractivity contribution in [2.75, 3.05) is 41.4 Å². The van der Waals surface area contributed by atoms with Crippen LogP contribution in [-0.4, -0.2) is 46.3 Å². The van der Waals surface area contributed by atoms with E-state index in [9.17, 15) is 0 Å². The Labute approximate surface area is 123 Å². The van der Waals surface area contributed by atoms with Gasteiger partial charge in [0, 0.05) is 31.3 Å². The highest BCUT2D eigenvalue weighted by molar-refractivity contribution is 5.40. The summed E-state index contributed by atoms with van der Waals surface area (Å²) in [4.78, 5) is 2.22. The van der Waals surface area contributed by atoms with Crippen molar-refractivity contribution >= 4 is 0 Å². The molecule has 0 unspecified atom stereocenters. The Kier molecular flexibility index (Phi) is 6.30. The van der Waals surface area contributed by atoms with Crippen LogP contribution >= 0.6 is 0 Å². The maximum Gasteiger partial charge on any atom is 0.127 e. The molecule has 0 atom stereocenters. The topological polar surface area (TPSA) is 33.7 Å². The fourth-order valence-electron chi connectivity index (χ4n) is 2.45. The third kappa shape index (κ3) is 5.39. The number of rotatable bonds is 8. The molecule has 4 heteroatoms. The first-order valence-corrected chi connectivity index (χ1v) is 6.94. The summed E-state index contributed by atoms with van der Waals surface area (Å²) in [7, 11) is 7.56. The van der Waals surface area contributed by atoms with Crippen molar-refractivity contribution in [2.24, 2.45) is 5.41 Å². The van der Waals surface area contributed by atoms with E-state index >= 15 is 0 Å². The van der Waals surface area contributed by atoms with E-state index in [2.05, 4.69) is 38.2 Å². The Balaban J connectivity index is 2.57. The van der Waals surface area contributed by atoms with Crippen molar-refractivity contribution in [3.63, 3.8) is 0 Å². The second-order valence-corrected chi connectivity index (χ2v) is 6.18. The predicted octanol–water partition coefficient (Wildman–Crippen LogP) is 2.38. The zero-order chi connectivity index (χ0) is 15.2. The summed E-state index contributed by atoms with van der Waals surface area (Å²) in [5.41, 5.74) is 1.39. The smallest absolute Gasteiger partial charge is 0.127 e. The first-order chi connectivity index (χ1) is 9.38. The summed E-state index contributed by atoms with van der Waals surface area (Å²) in [6, 6.07) is 5.93. The average Bonchev–Trinajstić information content (AvgIpc) is 2.37. The van der Waals surface area contributed by atoms with Gasteiger partial charge in [0.15, 0.2) is 0 Å². The lowest BCUT2D eigenvalue weighted by atomic mass is 9.93. The number of benzene rings is 1. The first kappa shape index (κ1) is 16.8. The second kappa shape index (κ2) is 7.50. The van der Waals surface area contributed by atoms with E-state index in [-0.39, 0.29) is 5.41 Å². The van der Waals surface area contributed by atoms with E-state index < -0.39 is 0 Å². The van der Waals surface area contributed by atoms with Crippen LogP contribution in [0.1, 0.15) is 19.4 Å². The van der Waals surface area contributed by atoms with Crippen molar-refractivity contribution < 1.29 is 9.47 Å². The molecule has 0 fully saturated rings. The maximum atomic E-state index is 5.41. The van der Waals surface area contributed by atoms with Gasteiger partial charge in [-0.2, -0.15) is 0 Å². The van der Waals surface area contributed by atoms with E-state index in [0.29, 0.717) is 0 Å². The van der Waals surface area contributed by atoms with E-state index in [1.165, 1.54) is 0 Å². The standard InChI is InChI=1S/C16H28N2O2/c1-16(2,12-18(3)4)11-17-10-13-7-8-14(19-5)9-15(13)20-6/h7-9,17H,10-12H2,1-6H3. The third-order valence-electron chi connectivity index (χ3n) is 3.16. The summed E-state index contributed by atoms with van der Waals surface area (Å²) in [6.07, 6.45) is 0. The third-order valence-corrected chi connectivity index (χ3v) is 3.16. The second-order valence-electron chi connectivity index (χ2n) is 6.18. The number of hydrogen-bond acceptors (Lipinski definition) is 4. The molecule has 0 spiro atoms. The number of hydrogen-bond donors (Lipinski definition) is 1. The molecule has 1 aromatic carbocycles. The van der Waals surface area contributed by atoms with Gasteiger partial charge >= 0.3 is 0 Å². The molecule has 0 saturated heterocycles. The zero-order valence-electron chi connectivity index (χ0n) is 13.6. The van der Waals surface area contributed by atoms with Crippen LogP contribution in [0.4, 0.5) is 0 Å². The zero-order valence-corrected chi connectivity index (χ0v) is 13.6. The summed E-state index contributed by atoms with van der Waals surface area (Å²) < 4.78 is 10.6. The predicted molar refractivity (Wildman–Crippen MR) is 83.6 cm³/mol. The lowest BCUT2D eigenvalue weighted by molar-refractivity contribution is 0.232. The van der Waals surface area contributed by atoms with Gasteiger partial charge in [-0.05, 0) is 25.6 Å². The van der Waals surface area contributed by atoms with Gasteiger partial charge in [0.05, 0.1) is 14.2 Å². The van der Waals surface area contributed by atoms with Crippen LogP contribution in [0.5, 0.6) is 11.5 Å². The van der Waals surface area contributed by atoms with Crippen LogP contribution in [0.2, 0.25) is 0 Å². The molecule has 1 N–H and O–H groups in total. The van der Waals surface area contributed by atoms with Gasteiger partial charge in [0.25, 0.3) is 0 Å². The molecular formula is C16H28N2O2. The molecule has 4 nitrogen and oxygen atoms in total. The Hall–Kier alpha value is -1.26. The minimum Gasteiger partial charge on any atom is -0.497 e. The SMILES string of the molecule is COc1ccc(CNCC(C)(C)CN(C)C)c(OC)c1. The van der Waals surface area contributed by atoms with Crippen LogP contribution < -0.4 is 14.8 Å². The van der Waals surface area contributed by atoms with Crippen molar-refractivity contribution in [3.05, 3.63) is 23.8 Å². The molecule has 114 valence electrons. The highest BCUT2D eigenvalue weighted by Gasteiger charge is 2.18. The Bertz CT molecular complexity index is 417. The van der Waals surface area contributed by atoms with E-state index in [0.717, 1.165) is 36.7 Å². The number of nitrogens with zero attached hydrogens (tertiary/aromatic N) is 1. The van der Waals surface area contributed by atoms with Crippen LogP contribution in [0.25, 0.3) is 0 Å². The van der Waals surface area contributed by atoms with Crippen LogP contribution in [0.15, 0.2) is 18.2 Å². The van der Waals surface area contributed by atoms with Gasteiger partial charge in [0.1, 0.15) is 11.5 Å². The summed E-state index contributed by atoms with van der Waals surface area (Å²) in [5.74, 6) is 1.68. The van der Waals surface area contributed by atoms with Crippen LogP contribution in [0, 0.1) is 5.41 Å². The van der Waals surface area contributed by atoms with Crippen molar-refractivity contribution in [1.29, 1.82) is 0 Å². The van der Waals surface area contributed by atoms with E-state index in [4.69, 9.17) is 9.47 Å². The highest BCUT2D eigenvalue weighted by atomic mass is 16.5. The van der Waals surface area contributed by atoms with Gasteiger partial charge in [0.2, 0.25) is 0 Å². The molecule has 0 aliphatic heterocycles. The molecular weight excluding hydrogens is 252 g/mol. The van der Waals surface area contributed by atoms with Crippen molar-refractivity contribution in [3.8, 4) is 11.5 Å². The lowest BCUT2D eigenvalue weighted by Gasteiger charge is -2.28. The number of ether oxygens (including phenoxy) is 2. The van der Waals surface area contributed by atoms with Crippen molar-refractivity contribution in [2.45, 2.75) is 20.4 Å². The molecule has 0 aliphatic rings. The summed E-state index contributed by atoms with van der Waals surface area (Å²) in [6.45, 7) is 7.35. The molecule has 20 heavy (non-hydrogen) atoms. The summed E-state index contributed by atoms with van der Waals surface area (Å²) >= 11 is 0. The monoisotopic (exact) mass is 280 g/mol. The fourth-order valence-corrected chi connectivity index (χ4v) is 2.45. The van der Waals surface area contributed by atoms with E-state index in [1.807, 2.05) is 18.2 Å². The number of methoxy groups -OCH3 is 2. The Morgan fingerprint density at radius 3 is 2.40 bits per heavy atom. The molecule has 0 radical (unpaired) electrons. The summed E-state index contributed by atoms with van der Waals surface area (Å²) in [5, 5.41) is 3.51. The Morgan fingerprint density at radius 1 is 1.15 bits per heavy atom. The van der Waals surface area contributed by atoms with Gasteiger partial charge < -0.3 is 19.7 Å². The maximum absolute atomic E-state index is 5.41. The average molecular weight is 280 g/mol. The molecule has 1 rings (SSSR count). The largest absolute Gasteiger partial charge is 0.497 e. The van der Waals surface area contributed by atoms with Gasteiger partial charge in [-0.15, -0.1) is 0 Å². The lowest BCUT2D eigenvalue weighted by Crippen LogP contribution is -2.37. The molecule has 0 amide bonds.